The Morgan fingerprint density at radius 1 is 1.05 bits per heavy atom. The summed E-state index contributed by atoms with van der Waals surface area (Å²) in [5, 5.41) is 18.8. The van der Waals surface area contributed by atoms with E-state index < -0.39 is 17.4 Å². The first-order valence-electron chi connectivity index (χ1n) is 13.9. The Morgan fingerprint density at radius 2 is 1.73 bits per heavy atom. The predicted octanol–water partition coefficient (Wildman–Crippen LogP) is 2.91. The fraction of sp³-hybridized carbons (Fsp3) is 0.400. The van der Waals surface area contributed by atoms with Crippen molar-refractivity contribution in [2.45, 2.75) is 38.3 Å². The van der Waals surface area contributed by atoms with Crippen LogP contribution in [0.2, 0.25) is 0 Å². The number of hydrogen-bond acceptors (Lipinski definition) is 8. The Hall–Kier alpha value is -4.09. The van der Waals surface area contributed by atoms with E-state index in [1.54, 1.807) is 12.1 Å². The molecule has 4 aromatic rings. The lowest BCUT2D eigenvalue weighted by molar-refractivity contribution is 0.0774. The number of anilines is 2. The lowest BCUT2D eigenvalue weighted by Gasteiger charge is -2.38. The van der Waals surface area contributed by atoms with Gasteiger partial charge in [-0.15, -0.1) is 0 Å². The molecule has 2 aromatic heterocycles. The van der Waals surface area contributed by atoms with Crippen molar-refractivity contribution in [2.24, 2.45) is 5.92 Å². The zero-order valence-electron chi connectivity index (χ0n) is 23.1. The number of aliphatic hydroxyl groups is 2. The van der Waals surface area contributed by atoms with Gasteiger partial charge in [0.15, 0.2) is 0 Å². The van der Waals surface area contributed by atoms with Crippen molar-refractivity contribution in [3.63, 3.8) is 0 Å². The van der Waals surface area contributed by atoms with Crippen LogP contribution in [-0.4, -0.2) is 74.6 Å². The molecule has 11 heteroatoms. The summed E-state index contributed by atoms with van der Waals surface area (Å²) in [4.78, 5) is 39.6. The number of imidazole rings is 1. The average Bonchev–Trinajstić information content (AvgIpc) is 3.35. The molecule has 3 heterocycles. The highest BCUT2D eigenvalue weighted by Gasteiger charge is 2.30. The van der Waals surface area contributed by atoms with Gasteiger partial charge in [-0.3, -0.25) is 9.59 Å². The molecule has 1 aliphatic rings. The molecule has 2 N–H and O–H groups in total. The largest absolute Gasteiger partial charge is 0.396 e. The van der Waals surface area contributed by atoms with Gasteiger partial charge in [0.25, 0.3) is 5.56 Å². The quantitative estimate of drug-likeness (QED) is 0.303. The van der Waals surface area contributed by atoms with Gasteiger partial charge in [-0.05, 0) is 55.5 Å². The monoisotopic (exact) mass is 562 g/mol. The molecule has 10 nitrogen and oxygen atoms in total. The van der Waals surface area contributed by atoms with E-state index in [-0.39, 0.29) is 43.9 Å². The van der Waals surface area contributed by atoms with E-state index in [1.807, 2.05) is 36.2 Å². The van der Waals surface area contributed by atoms with Crippen molar-refractivity contribution in [3.8, 4) is 0 Å². The van der Waals surface area contributed by atoms with Gasteiger partial charge < -0.3 is 24.6 Å². The molecule has 2 aromatic carbocycles. The summed E-state index contributed by atoms with van der Waals surface area (Å²) in [5.74, 6) is -0.328. The molecule has 0 aliphatic carbocycles. The highest BCUT2D eigenvalue weighted by molar-refractivity contribution is 5.84. The molecular formula is C30H35FN6O4. The summed E-state index contributed by atoms with van der Waals surface area (Å²) in [5.41, 5.74) is 2.38. The first-order chi connectivity index (χ1) is 19.9. The van der Waals surface area contributed by atoms with Crippen LogP contribution in [0.15, 0.2) is 65.6 Å². The minimum Gasteiger partial charge on any atom is -0.396 e. The van der Waals surface area contributed by atoms with Crippen LogP contribution >= 0.6 is 0 Å². The van der Waals surface area contributed by atoms with Crippen LogP contribution in [0.3, 0.4) is 0 Å². The molecule has 0 bridgehead atoms. The zero-order valence-corrected chi connectivity index (χ0v) is 23.1. The van der Waals surface area contributed by atoms with Crippen molar-refractivity contribution >= 4 is 28.8 Å². The summed E-state index contributed by atoms with van der Waals surface area (Å²) in [6, 6.07) is 15.7. The second kappa shape index (κ2) is 12.6. The number of rotatable bonds is 10. The number of aromatic nitrogens is 4. The number of carbonyl (C=O) groups is 1. The van der Waals surface area contributed by atoms with Gasteiger partial charge in [-0.25, -0.2) is 18.9 Å². The van der Waals surface area contributed by atoms with Crippen LogP contribution in [-0.2, 0) is 6.54 Å². The van der Waals surface area contributed by atoms with Crippen LogP contribution in [0, 0.1) is 11.7 Å². The maximum absolute atomic E-state index is 13.5. The summed E-state index contributed by atoms with van der Waals surface area (Å²) in [6.45, 7) is 1.51. The molecule has 41 heavy (non-hydrogen) atoms. The van der Waals surface area contributed by atoms with E-state index in [1.165, 1.54) is 24.4 Å². The molecule has 1 saturated heterocycles. The number of piperidine rings is 1. The van der Waals surface area contributed by atoms with Crippen LogP contribution in [0.5, 0.6) is 0 Å². The molecule has 216 valence electrons. The third-order valence-corrected chi connectivity index (χ3v) is 7.85. The summed E-state index contributed by atoms with van der Waals surface area (Å²) >= 11 is 0. The van der Waals surface area contributed by atoms with Crippen molar-refractivity contribution in [1.29, 1.82) is 0 Å². The highest BCUT2D eigenvalue weighted by atomic mass is 19.1. The smallest absolute Gasteiger partial charge is 0.261 e. The van der Waals surface area contributed by atoms with Crippen molar-refractivity contribution in [2.75, 3.05) is 43.2 Å². The van der Waals surface area contributed by atoms with Gasteiger partial charge in [0, 0.05) is 57.6 Å². The number of fused-ring (bicyclic) bond motifs is 1. The lowest BCUT2D eigenvalue weighted by atomic mass is 10.0. The minimum absolute atomic E-state index is 0.0173. The Kier molecular flexibility index (Phi) is 8.75. The number of halogens is 1. The molecule has 0 atom stereocenters. The van der Waals surface area contributed by atoms with Crippen LogP contribution in [0.1, 0.15) is 36.0 Å². The normalized spacial score (nSPS) is 14.2. The third-order valence-electron chi connectivity index (χ3n) is 7.85. The van der Waals surface area contributed by atoms with Gasteiger partial charge >= 0.3 is 0 Å². The average molecular weight is 563 g/mol. The first kappa shape index (κ1) is 28.4. The molecule has 1 fully saturated rings. The SMILES string of the molecule is CN(c1nccc(=O)n1C(=O)C(CCO)CCO)C1CCN(c2nc3ccccc3n2Cc2ccc(F)cc2)CC1. The van der Waals surface area contributed by atoms with Crippen LogP contribution in [0.4, 0.5) is 16.3 Å². The van der Waals surface area contributed by atoms with Gasteiger partial charge in [0.1, 0.15) is 5.82 Å². The molecule has 0 saturated carbocycles. The maximum atomic E-state index is 13.5. The van der Waals surface area contributed by atoms with Crippen molar-refractivity contribution in [1.82, 2.24) is 19.1 Å². The number of carbonyl (C=O) groups excluding carboxylic acids is 1. The highest BCUT2D eigenvalue weighted by Crippen LogP contribution is 2.28. The van der Waals surface area contributed by atoms with E-state index in [0.717, 1.165) is 40.0 Å². The topological polar surface area (TPSA) is 117 Å². The maximum Gasteiger partial charge on any atom is 0.261 e. The molecular weight excluding hydrogens is 527 g/mol. The second-order valence-electron chi connectivity index (χ2n) is 10.4. The van der Waals surface area contributed by atoms with Gasteiger partial charge in [-0.2, -0.15) is 0 Å². The first-order valence-corrected chi connectivity index (χ1v) is 13.9. The van der Waals surface area contributed by atoms with Crippen molar-refractivity contribution < 1.29 is 19.4 Å². The minimum atomic E-state index is -0.685. The van der Waals surface area contributed by atoms with Crippen molar-refractivity contribution in [3.05, 3.63) is 82.5 Å². The fourth-order valence-electron chi connectivity index (χ4n) is 5.59. The molecule has 0 spiro atoms. The summed E-state index contributed by atoms with van der Waals surface area (Å²) in [7, 11) is 1.84. The third kappa shape index (κ3) is 6.01. The Labute approximate surface area is 237 Å². The molecule has 1 aliphatic heterocycles. The lowest BCUT2D eigenvalue weighted by Crippen LogP contribution is -2.47. The van der Waals surface area contributed by atoms with E-state index in [9.17, 15) is 24.2 Å². The predicted molar refractivity (Wildman–Crippen MR) is 155 cm³/mol. The number of benzene rings is 2. The summed E-state index contributed by atoms with van der Waals surface area (Å²) < 4.78 is 16.8. The van der Waals surface area contributed by atoms with Gasteiger partial charge in [-0.1, -0.05) is 24.3 Å². The Morgan fingerprint density at radius 3 is 2.41 bits per heavy atom. The molecule has 0 radical (unpaired) electrons. The van der Waals surface area contributed by atoms with E-state index in [4.69, 9.17) is 4.98 Å². The van der Waals surface area contributed by atoms with Gasteiger partial charge in [0.05, 0.1) is 17.6 Å². The zero-order chi connectivity index (χ0) is 28.9. The molecule has 0 unspecified atom stereocenters. The number of aliphatic hydroxyl groups excluding tert-OH is 2. The van der Waals surface area contributed by atoms with Crippen LogP contribution < -0.4 is 15.4 Å². The van der Waals surface area contributed by atoms with Crippen LogP contribution in [0.25, 0.3) is 11.0 Å². The molecule has 0 amide bonds. The second-order valence-corrected chi connectivity index (χ2v) is 10.4. The Balaban J connectivity index is 1.36. The Bertz CT molecular complexity index is 1540. The van der Waals surface area contributed by atoms with E-state index in [2.05, 4.69) is 14.5 Å². The number of para-hydroxylation sites is 2. The number of nitrogens with zero attached hydrogens (tertiary/aromatic N) is 6. The molecule has 5 rings (SSSR count). The van der Waals surface area contributed by atoms with E-state index >= 15 is 0 Å². The number of hydrogen-bond donors (Lipinski definition) is 2. The summed E-state index contributed by atoms with van der Waals surface area (Å²) in [6.07, 6.45) is 3.19. The standard InChI is InChI=1S/C30H35FN6O4/c1-34(29-32-15-10-27(40)37(29)28(41)22(13-18-38)14-19-39)24-11-16-35(17-12-24)30-33-25-4-2-3-5-26(25)36(30)20-21-6-8-23(31)9-7-21/h2-10,15,22,24,38-39H,11-14,16-20H2,1H3. The van der Waals surface area contributed by atoms with E-state index in [0.29, 0.717) is 19.6 Å². The van der Waals surface area contributed by atoms with Gasteiger partial charge in [0.2, 0.25) is 17.8 Å². The fourth-order valence-corrected chi connectivity index (χ4v) is 5.59.